The first-order valence-corrected chi connectivity index (χ1v) is 8.45. The van der Waals surface area contributed by atoms with Gasteiger partial charge in [-0.1, -0.05) is 41.9 Å². The van der Waals surface area contributed by atoms with Crippen LogP contribution in [0.1, 0.15) is 22.2 Å². The van der Waals surface area contributed by atoms with Crippen LogP contribution < -0.4 is 10.2 Å². The van der Waals surface area contributed by atoms with Crippen molar-refractivity contribution in [3.63, 3.8) is 0 Å². The van der Waals surface area contributed by atoms with Gasteiger partial charge in [0.05, 0.1) is 17.8 Å². The molecule has 4 nitrogen and oxygen atoms in total. The molecule has 0 saturated heterocycles. The summed E-state index contributed by atoms with van der Waals surface area (Å²) in [6.45, 7) is 1.82. The number of fused-ring (bicyclic) bond motifs is 1. The van der Waals surface area contributed by atoms with E-state index in [1.165, 1.54) is 11.3 Å². The molecule has 1 N–H and O–H groups in total. The van der Waals surface area contributed by atoms with E-state index in [2.05, 4.69) is 10.5 Å². The van der Waals surface area contributed by atoms with E-state index >= 15 is 0 Å². The second kappa shape index (κ2) is 7.03. The van der Waals surface area contributed by atoms with Crippen molar-refractivity contribution in [2.24, 2.45) is 5.10 Å². The predicted octanol–water partition coefficient (Wildman–Crippen LogP) is 4.72. The Morgan fingerprint density at radius 1 is 1.21 bits per heavy atom. The third-order valence-corrected chi connectivity index (χ3v) is 5.23. The summed E-state index contributed by atoms with van der Waals surface area (Å²) >= 11 is 7.66. The van der Waals surface area contributed by atoms with Crippen molar-refractivity contribution in [3.8, 4) is 5.75 Å². The maximum absolute atomic E-state index is 12.4. The lowest BCUT2D eigenvalue weighted by Crippen LogP contribution is -2.18. The fourth-order valence-electron chi connectivity index (χ4n) is 2.26. The maximum atomic E-state index is 12.4. The monoisotopic (exact) mass is 358 g/mol. The number of thiophene rings is 1. The van der Waals surface area contributed by atoms with E-state index < -0.39 is 0 Å². The van der Waals surface area contributed by atoms with Crippen LogP contribution >= 0.6 is 22.9 Å². The number of rotatable bonds is 4. The molecule has 0 unspecified atom stereocenters. The van der Waals surface area contributed by atoms with E-state index in [0.717, 1.165) is 21.4 Å². The highest BCUT2D eigenvalue weighted by atomic mass is 35.5. The molecular formula is C18H15ClN2O2S. The molecule has 0 atom stereocenters. The smallest absolute Gasteiger partial charge is 0.283 e. The molecule has 0 saturated carbocycles. The van der Waals surface area contributed by atoms with E-state index in [1.54, 1.807) is 7.11 Å². The van der Waals surface area contributed by atoms with Gasteiger partial charge in [0.2, 0.25) is 0 Å². The third-order valence-electron chi connectivity index (χ3n) is 3.55. The standard InChI is InChI=1S/C18H15ClN2O2S/c1-11(12-6-5-7-13(10-12)23-2)20-21-18(22)17-16(19)14-8-3-4-9-15(14)24-17/h3-10H,1-2H3,(H,21,22). The molecule has 0 spiro atoms. The van der Waals surface area contributed by atoms with Gasteiger partial charge >= 0.3 is 0 Å². The van der Waals surface area contributed by atoms with Crippen molar-refractivity contribution in [1.29, 1.82) is 0 Å². The average molecular weight is 359 g/mol. The topological polar surface area (TPSA) is 50.7 Å². The molecule has 24 heavy (non-hydrogen) atoms. The molecule has 0 fully saturated rings. The van der Waals surface area contributed by atoms with Crippen molar-refractivity contribution >= 4 is 44.6 Å². The number of nitrogens with zero attached hydrogens (tertiary/aromatic N) is 1. The van der Waals surface area contributed by atoms with Crippen molar-refractivity contribution in [2.45, 2.75) is 6.92 Å². The van der Waals surface area contributed by atoms with Gasteiger partial charge in [0.25, 0.3) is 5.91 Å². The number of hydrogen-bond acceptors (Lipinski definition) is 4. The highest BCUT2D eigenvalue weighted by Gasteiger charge is 2.16. The summed E-state index contributed by atoms with van der Waals surface area (Å²) in [5.41, 5.74) is 4.12. The Hall–Kier alpha value is -2.37. The number of nitrogens with one attached hydrogen (secondary N) is 1. The molecule has 3 rings (SSSR count). The number of benzene rings is 2. The van der Waals surface area contributed by atoms with Gasteiger partial charge in [0, 0.05) is 15.6 Å². The van der Waals surface area contributed by atoms with Gasteiger partial charge in [-0.15, -0.1) is 11.3 Å². The highest BCUT2D eigenvalue weighted by molar-refractivity contribution is 7.21. The number of ether oxygens (including phenoxy) is 1. The van der Waals surface area contributed by atoms with Crippen LogP contribution in [-0.4, -0.2) is 18.7 Å². The number of amides is 1. The fraction of sp³-hybridized carbons (Fsp3) is 0.111. The molecule has 0 aliphatic heterocycles. The lowest BCUT2D eigenvalue weighted by molar-refractivity contribution is 0.0959. The molecule has 1 aromatic heterocycles. The molecule has 122 valence electrons. The van der Waals surface area contributed by atoms with Crippen molar-refractivity contribution in [1.82, 2.24) is 5.43 Å². The van der Waals surface area contributed by atoms with Crippen molar-refractivity contribution in [2.75, 3.05) is 7.11 Å². The van der Waals surface area contributed by atoms with Crippen LogP contribution in [0.15, 0.2) is 53.6 Å². The first kappa shape index (κ1) is 16.5. The fourth-order valence-corrected chi connectivity index (χ4v) is 3.66. The van der Waals surface area contributed by atoms with Crippen LogP contribution in [0.5, 0.6) is 5.75 Å². The number of halogens is 1. The zero-order chi connectivity index (χ0) is 17.1. The Kier molecular flexibility index (Phi) is 4.83. The van der Waals surface area contributed by atoms with Gasteiger partial charge in [-0.2, -0.15) is 5.10 Å². The molecule has 0 aliphatic carbocycles. The molecule has 0 bridgehead atoms. The van der Waals surface area contributed by atoms with Crippen LogP contribution in [0.25, 0.3) is 10.1 Å². The average Bonchev–Trinajstić information content (AvgIpc) is 2.96. The Morgan fingerprint density at radius 2 is 2.00 bits per heavy atom. The quantitative estimate of drug-likeness (QED) is 0.542. The zero-order valence-electron chi connectivity index (χ0n) is 13.2. The Morgan fingerprint density at radius 3 is 2.75 bits per heavy atom. The minimum Gasteiger partial charge on any atom is -0.497 e. The Balaban J connectivity index is 1.82. The molecule has 0 aliphatic rings. The van der Waals surface area contributed by atoms with Crippen LogP contribution in [0.2, 0.25) is 5.02 Å². The summed E-state index contributed by atoms with van der Waals surface area (Å²) in [5.74, 6) is 0.421. The molecular weight excluding hydrogens is 344 g/mol. The predicted molar refractivity (Wildman–Crippen MR) is 99.5 cm³/mol. The van der Waals surface area contributed by atoms with Gasteiger partial charge in [-0.3, -0.25) is 4.79 Å². The minimum absolute atomic E-state index is 0.316. The molecule has 6 heteroatoms. The Labute approximate surface area is 148 Å². The van der Waals surface area contributed by atoms with Gasteiger partial charge in [-0.05, 0) is 25.1 Å². The molecule has 1 heterocycles. The molecule has 2 aromatic carbocycles. The van der Waals surface area contributed by atoms with Crippen LogP contribution in [0, 0.1) is 0 Å². The van der Waals surface area contributed by atoms with E-state index in [0.29, 0.717) is 15.6 Å². The van der Waals surface area contributed by atoms with Gasteiger partial charge in [0.15, 0.2) is 0 Å². The maximum Gasteiger partial charge on any atom is 0.283 e. The summed E-state index contributed by atoms with van der Waals surface area (Å²) in [4.78, 5) is 12.8. The van der Waals surface area contributed by atoms with Crippen LogP contribution in [-0.2, 0) is 0 Å². The number of hydrogen-bond donors (Lipinski definition) is 1. The first-order valence-electron chi connectivity index (χ1n) is 7.26. The summed E-state index contributed by atoms with van der Waals surface area (Å²) in [5, 5.41) is 5.51. The number of carbonyl (C=O) groups excluding carboxylic acids is 1. The van der Waals surface area contributed by atoms with Crippen LogP contribution in [0.4, 0.5) is 0 Å². The lowest BCUT2D eigenvalue weighted by atomic mass is 10.1. The van der Waals surface area contributed by atoms with Crippen molar-refractivity contribution < 1.29 is 9.53 Å². The highest BCUT2D eigenvalue weighted by Crippen LogP contribution is 2.34. The molecule has 0 radical (unpaired) electrons. The molecule has 1 amide bonds. The normalized spacial score (nSPS) is 11.5. The minimum atomic E-state index is -0.316. The largest absolute Gasteiger partial charge is 0.497 e. The van der Waals surface area contributed by atoms with E-state index in [-0.39, 0.29) is 5.91 Å². The number of carbonyl (C=O) groups is 1. The summed E-state index contributed by atoms with van der Waals surface area (Å²) in [6.07, 6.45) is 0. The summed E-state index contributed by atoms with van der Waals surface area (Å²) in [7, 11) is 1.61. The second-order valence-electron chi connectivity index (χ2n) is 5.11. The number of methoxy groups -OCH3 is 1. The molecule has 3 aromatic rings. The van der Waals surface area contributed by atoms with Gasteiger partial charge < -0.3 is 4.74 Å². The second-order valence-corrected chi connectivity index (χ2v) is 6.54. The van der Waals surface area contributed by atoms with E-state index in [4.69, 9.17) is 16.3 Å². The lowest BCUT2D eigenvalue weighted by Gasteiger charge is -2.04. The summed E-state index contributed by atoms with van der Waals surface area (Å²) in [6, 6.07) is 15.1. The van der Waals surface area contributed by atoms with Crippen molar-refractivity contribution in [3.05, 3.63) is 64.0 Å². The van der Waals surface area contributed by atoms with Crippen LogP contribution in [0.3, 0.4) is 0 Å². The van der Waals surface area contributed by atoms with Gasteiger partial charge in [0.1, 0.15) is 10.6 Å². The number of hydrazone groups is 1. The SMILES string of the molecule is COc1cccc(C(C)=NNC(=O)c2sc3ccccc3c2Cl)c1. The Bertz CT molecular complexity index is 934. The zero-order valence-corrected chi connectivity index (χ0v) is 14.7. The summed E-state index contributed by atoms with van der Waals surface area (Å²) < 4.78 is 6.16. The first-order chi connectivity index (χ1) is 11.6. The third kappa shape index (κ3) is 3.27. The van der Waals surface area contributed by atoms with E-state index in [1.807, 2.05) is 55.5 Å². The van der Waals surface area contributed by atoms with Gasteiger partial charge in [-0.25, -0.2) is 5.43 Å². The van der Waals surface area contributed by atoms with E-state index in [9.17, 15) is 4.79 Å².